The topological polar surface area (TPSA) is 80.0 Å². The van der Waals surface area contributed by atoms with E-state index in [0.29, 0.717) is 17.8 Å². The number of benzene rings is 1. The molecule has 23 heavy (non-hydrogen) atoms. The monoisotopic (exact) mass is 340 g/mol. The molecule has 0 amide bonds. The van der Waals surface area contributed by atoms with Crippen molar-refractivity contribution >= 4 is 17.6 Å². The highest BCUT2D eigenvalue weighted by Gasteiger charge is 2.16. The summed E-state index contributed by atoms with van der Waals surface area (Å²) in [5.74, 6) is -1.38. The number of hydrogen-bond acceptors (Lipinski definition) is 4. The van der Waals surface area contributed by atoms with Crippen molar-refractivity contribution in [2.45, 2.75) is 38.8 Å². The molecule has 1 aromatic carbocycles. The average Bonchev–Trinajstić information content (AvgIpc) is 2.98. The van der Waals surface area contributed by atoms with E-state index >= 15 is 0 Å². The van der Waals surface area contributed by atoms with E-state index in [2.05, 4.69) is 15.6 Å². The third kappa shape index (κ3) is 4.74. The van der Waals surface area contributed by atoms with Gasteiger partial charge in [-0.3, -0.25) is 10.1 Å². The fourth-order valence-corrected chi connectivity index (χ4v) is 2.26. The molecule has 6 nitrogen and oxygen atoms in total. The molecule has 0 aliphatic carbocycles. The van der Waals surface area contributed by atoms with E-state index in [-0.39, 0.29) is 11.6 Å². The quantitative estimate of drug-likeness (QED) is 0.772. The lowest BCUT2D eigenvalue weighted by molar-refractivity contribution is -0.139. The summed E-state index contributed by atoms with van der Waals surface area (Å²) in [7, 11) is 0. The number of hydrogen-bond donors (Lipinski definition) is 2. The van der Waals surface area contributed by atoms with Crippen LogP contribution in [0.3, 0.4) is 0 Å². The molecule has 2 N–H and O–H groups in total. The van der Waals surface area contributed by atoms with Crippen LogP contribution in [0.2, 0.25) is 5.02 Å². The highest BCUT2D eigenvalue weighted by molar-refractivity contribution is 6.30. The van der Waals surface area contributed by atoms with E-state index in [1.807, 2.05) is 6.92 Å². The van der Waals surface area contributed by atoms with E-state index in [9.17, 15) is 9.18 Å². The number of carbonyl (C=O) groups is 1. The van der Waals surface area contributed by atoms with Crippen molar-refractivity contribution in [3.63, 3.8) is 0 Å². The number of rotatable bonds is 8. The van der Waals surface area contributed by atoms with Crippen LogP contribution in [-0.4, -0.2) is 32.1 Å². The zero-order chi connectivity index (χ0) is 16.8. The number of unbranched alkanes of at least 4 members (excludes halogenated alkanes) is 1. The fraction of sp³-hybridized carbons (Fsp3) is 0.400. The third-order valence-electron chi connectivity index (χ3n) is 3.38. The van der Waals surface area contributed by atoms with Crippen LogP contribution in [0.15, 0.2) is 24.4 Å². The molecule has 0 saturated carbocycles. The van der Waals surface area contributed by atoms with Gasteiger partial charge in [0.25, 0.3) is 0 Å². The van der Waals surface area contributed by atoms with Crippen LogP contribution < -0.4 is 5.32 Å². The van der Waals surface area contributed by atoms with Crippen molar-refractivity contribution < 1.29 is 14.3 Å². The summed E-state index contributed by atoms with van der Waals surface area (Å²) in [4.78, 5) is 11.2. The van der Waals surface area contributed by atoms with Gasteiger partial charge in [0.15, 0.2) is 0 Å². The van der Waals surface area contributed by atoms with E-state index in [0.717, 1.165) is 12.8 Å². The van der Waals surface area contributed by atoms with Crippen LogP contribution in [0.25, 0.3) is 5.69 Å². The van der Waals surface area contributed by atoms with Crippen molar-refractivity contribution in [2.75, 3.05) is 0 Å². The van der Waals surface area contributed by atoms with Crippen LogP contribution in [0.5, 0.6) is 0 Å². The number of halogens is 2. The molecule has 1 heterocycles. The van der Waals surface area contributed by atoms with Gasteiger partial charge in [-0.15, -0.1) is 5.10 Å². The minimum absolute atomic E-state index is 0.00295. The molecule has 0 saturated heterocycles. The van der Waals surface area contributed by atoms with Gasteiger partial charge in [-0.1, -0.05) is 36.6 Å². The molecule has 0 aliphatic rings. The van der Waals surface area contributed by atoms with Gasteiger partial charge in [0, 0.05) is 6.54 Å². The number of nitrogens with zero attached hydrogens (tertiary/aromatic N) is 3. The van der Waals surface area contributed by atoms with Gasteiger partial charge < -0.3 is 5.11 Å². The van der Waals surface area contributed by atoms with E-state index in [1.54, 1.807) is 6.20 Å². The highest BCUT2D eigenvalue weighted by Crippen LogP contribution is 2.18. The van der Waals surface area contributed by atoms with Gasteiger partial charge in [-0.25, -0.2) is 9.07 Å². The van der Waals surface area contributed by atoms with E-state index in [4.69, 9.17) is 16.7 Å². The number of aromatic nitrogens is 3. The minimum Gasteiger partial charge on any atom is -0.480 e. The molecule has 1 unspecified atom stereocenters. The number of carboxylic acids is 1. The molecule has 2 aromatic rings. The molecule has 0 bridgehead atoms. The Morgan fingerprint density at radius 3 is 2.96 bits per heavy atom. The lowest BCUT2D eigenvalue weighted by atomic mass is 10.1. The molecule has 0 radical (unpaired) electrons. The molecule has 2 rings (SSSR count). The highest BCUT2D eigenvalue weighted by atomic mass is 35.5. The molecule has 1 atom stereocenters. The Hall–Kier alpha value is -1.99. The number of nitrogens with one attached hydrogen (secondary N) is 1. The molecular weight excluding hydrogens is 323 g/mol. The fourth-order valence-electron chi connectivity index (χ4n) is 2.08. The first kappa shape index (κ1) is 17.4. The van der Waals surface area contributed by atoms with Gasteiger partial charge in [-0.05, 0) is 24.6 Å². The van der Waals surface area contributed by atoms with Crippen molar-refractivity contribution in [1.82, 2.24) is 20.3 Å². The molecule has 8 heteroatoms. The molecule has 124 valence electrons. The molecule has 0 fully saturated rings. The lowest BCUT2D eigenvalue weighted by Gasteiger charge is -2.12. The zero-order valence-corrected chi connectivity index (χ0v) is 13.4. The minimum atomic E-state index is -0.879. The van der Waals surface area contributed by atoms with Crippen molar-refractivity contribution in [3.8, 4) is 5.69 Å². The first-order valence-electron chi connectivity index (χ1n) is 7.34. The van der Waals surface area contributed by atoms with Crippen LogP contribution in [0.4, 0.5) is 4.39 Å². The predicted octanol–water partition coefficient (Wildman–Crippen LogP) is 2.79. The Morgan fingerprint density at radius 1 is 1.52 bits per heavy atom. The summed E-state index contributed by atoms with van der Waals surface area (Å²) >= 11 is 5.74. The summed E-state index contributed by atoms with van der Waals surface area (Å²) in [5, 5.41) is 20.0. The van der Waals surface area contributed by atoms with Crippen LogP contribution in [0.1, 0.15) is 31.9 Å². The number of carboxylic acid groups (broad SMARTS) is 1. The second-order valence-corrected chi connectivity index (χ2v) is 5.57. The Balaban J connectivity index is 2.01. The smallest absolute Gasteiger partial charge is 0.320 e. The second-order valence-electron chi connectivity index (χ2n) is 5.17. The second kappa shape index (κ2) is 8.03. The summed E-state index contributed by atoms with van der Waals surface area (Å²) in [6.45, 7) is 2.30. The standard InChI is InChI=1S/C15H18ClFN4O2/c1-2-3-4-14(15(22)23)18-8-10-9-21(20-19-10)11-5-6-13(17)12(16)7-11/h5-7,9,14,18H,2-4,8H2,1H3,(H,22,23). The van der Waals surface area contributed by atoms with Gasteiger partial charge in [0.05, 0.1) is 22.6 Å². The Morgan fingerprint density at radius 2 is 2.30 bits per heavy atom. The third-order valence-corrected chi connectivity index (χ3v) is 3.67. The normalized spacial score (nSPS) is 12.3. The maximum atomic E-state index is 13.2. The van der Waals surface area contributed by atoms with Gasteiger partial charge in [-0.2, -0.15) is 0 Å². The maximum absolute atomic E-state index is 13.2. The molecule has 0 spiro atoms. The summed E-state index contributed by atoms with van der Waals surface area (Å²) in [6, 6.07) is 3.63. The molecule has 0 aliphatic heterocycles. The average molecular weight is 341 g/mol. The first-order valence-corrected chi connectivity index (χ1v) is 7.72. The zero-order valence-electron chi connectivity index (χ0n) is 12.7. The summed E-state index contributed by atoms with van der Waals surface area (Å²) in [6.07, 6.45) is 3.99. The Labute approximate surface area is 138 Å². The Bertz CT molecular complexity index is 677. The predicted molar refractivity (Wildman–Crippen MR) is 84.1 cm³/mol. The van der Waals surface area contributed by atoms with Gasteiger partial charge in [0.2, 0.25) is 0 Å². The number of aliphatic carboxylic acids is 1. The van der Waals surface area contributed by atoms with Crippen molar-refractivity contribution in [3.05, 3.63) is 40.9 Å². The maximum Gasteiger partial charge on any atom is 0.320 e. The van der Waals surface area contributed by atoms with E-state index in [1.165, 1.54) is 22.9 Å². The van der Waals surface area contributed by atoms with Gasteiger partial charge in [0.1, 0.15) is 11.9 Å². The van der Waals surface area contributed by atoms with Crippen molar-refractivity contribution in [2.24, 2.45) is 0 Å². The lowest BCUT2D eigenvalue weighted by Crippen LogP contribution is -2.36. The molecular formula is C15H18ClFN4O2. The Kier molecular flexibility index (Phi) is 6.06. The SMILES string of the molecule is CCCCC(NCc1cn(-c2ccc(F)c(Cl)c2)nn1)C(=O)O. The van der Waals surface area contributed by atoms with Gasteiger partial charge >= 0.3 is 5.97 Å². The van der Waals surface area contributed by atoms with Crippen LogP contribution in [0, 0.1) is 5.82 Å². The van der Waals surface area contributed by atoms with Crippen LogP contribution in [-0.2, 0) is 11.3 Å². The van der Waals surface area contributed by atoms with Crippen LogP contribution >= 0.6 is 11.6 Å². The first-order chi connectivity index (χ1) is 11.0. The summed E-state index contributed by atoms with van der Waals surface area (Å²) < 4.78 is 14.6. The van der Waals surface area contributed by atoms with Crippen molar-refractivity contribution in [1.29, 1.82) is 0 Å². The summed E-state index contributed by atoms with van der Waals surface area (Å²) in [5.41, 5.74) is 1.17. The van der Waals surface area contributed by atoms with E-state index < -0.39 is 17.8 Å². The molecule has 1 aromatic heterocycles. The largest absolute Gasteiger partial charge is 0.480 e.